The van der Waals surface area contributed by atoms with Gasteiger partial charge in [0.1, 0.15) is 11.6 Å². The summed E-state index contributed by atoms with van der Waals surface area (Å²) in [6, 6.07) is 0. The van der Waals surface area contributed by atoms with Gasteiger partial charge in [-0.15, -0.1) is 10.2 Å². The summed E-state index contributed by atoms with van der Waals surface area (Å²) in [6.07, 6.45) is 6.66. The van der Waals surface area contributed by atoms with E-state index in [-0.39, 0.29) is 11.8 Å². The fraction of sp³-hybridized carbons (Fsp3) is 0.733. The van der Waals surface area contributed by atoms with Crippen LogP contribution in [0.25, 0.3) is 0 Å². The average molecular weight is 306 g/mol. The number of carbonyl (C=O) groups excluding carboxylic acids is 1. The summed E-state index contributed by atoms with van der Waals surface area (Å²) < 4.78 is 2.22. The van der Waals surface area contributed by atoms with Crippen LogP contribution in [-0.2, 0) is 29.0 Å². The minimum atomic E-state index is -0.869. The first-order valence-corrected chi connectivity index (χ1v) is 8.08. The molecule has 2 aliphatic rings. The molecule has 1 fully saturated rings. The number of hydrogen-bond acceptors (Lipinski definition) is 4. The van der Waals surface area contributed by atoms with Crippen LogP contribution >= 0.6 is 0 Å². The Morgan fingerprint density at radius 3 is 2.86 bits per heavy atom. The molecule has 1 aromatic heterocycles. The van der Waals surface area contributed by atoms with Crippen molar-refractivity contribution in [2.24, 2.45) is 11.8 Å². The molecule has 0 saturated heterocycles. The molecule has 22 heavy (non-hydrogen) atoms. The molecule has 7 heteroatoms. The van der Waals surface area contributed by atoms with Crippen molar-refractivity contribution in [3.8, 4) is 0 Å². The maximum atomic E-state index is 11.8. The first kappa shape index (κ1) is 15.0. The van der Waals surface area contributed by atoms with Gasteiger partial charge < -0.3 is 15.0 Å². The second-order valence-corrected chi connectivity index (χ2v) is 6.18. The van der Waals surface area contributed by atoms with Gasteiger partial charge in [0.05, 0.1) is 11.8 Å². The number of carboxylic acid groups (broad SMARTS) is 1. The average Bonchev–Trinajstić information content (AvgIpc) is 3.26. The summed E-state index contributed by atoms with van der Waals surface area (Å²) in [5, 5.41) is 20.2. The second-order valence-electron chi connectivity index (χ2n) is 6.18. The van der Waals surface area contributed by atoms with Crippen molar-refractivity contribution >= 4 is 11.9 Å². The summed E-state index contributed by atoms with van der Waals surface area (Å²) in [6.45, 7) is 1.55. The Balaban J connectivity index is 1.41. The van der Waals surface area contributed by atoms with Crippen molar-refractivity contribution in [2.75, 3.05) is 6.54 Å². The molecule has 3 rings (SSSR count). The lowest BCUT2D eigenvalue weighted by Gasteiger charge is -2.07. The Labute approximate surface area is 129 Å². The summed E-state index contributed by atoms with van der Waals surface area (Å²) >= 11 is 0. The number of aromatic nitrogens is 3. The molecule has 1 aromatic rings. The van der Waals surface area contributed by atoms with Gasteiger partial charge in [-0.25, -0.2) is 0 Å². The molecule has 7 nitrogen and oxygen atoms in total. The third-order valence-corrected chi connectivity index (χ3v) is 4.51. The number of hydrogen-bond donors (Lipinski definition) is 2. The van der Waals surface area contributed by atoms with E-state index in [2.05, 4.69) is 20.1 Å². The van der Waals surface area contributed by atoms with E-state index < -0.39 is 11.9 Å². The third-order valence-electron chi connectivity index (χ3n) is 4.51. The van der Waals surface area contributed by atoms with E-state index in [1.165, 1.54) is 19.3 Å². The van der Waals surface area contributed by atoms with Crippen LogP contribution in [0, 0.1) is 11.8 Å². The van der Waals surface area contributed by atoms with Crippen molar-refractivity contribution in [1.29, 1.82) is 0 Å². The predicted octanol–water partition coefficient (Wildman–Crippen LogP) is 0.774. The van der Waals surface area contributed by atoms with E-state index in [4.69, 9.17) is 5.11 Å². The molecule has 2 heterocycles. The van der Waals surface area contributed by atoms with Crippen LogP contribution in [0.15, 0.2) is 0 Å². The minimum absolute atomic E-state index is 0.132. The number of amides is 1. The van der Waals surface area contributed by atoms with Gasteiger partial charge in [0, 0.05) is 25.9 Å². The maximum absolute atomic E-state index is 11.8. The molecule has 1 aliphatic carbocycles. The summed E-state index contributed by atoms with van der Waals surface area (Å²) in [4.78, 5) is 22.5. The summed E-state index contributed by atoms with van der Waals surface area (Å²) in [5.74, 6) is 0.271. The second kappa shape index (κ2) is 6.46. The van der Waals surface area contributed by atoms with Gasteiger partial charge in [-0.05, 0) is 25.7 Å². The Kier molecular flexibility index (Phi) is 4.40. The zero-order valence-corrected chi connectivity index (χ0v) is 12.6. The standard InChI is InChI=1S/C15H22N4O3/c20-14(10-9-11(10)15(21)22)16-7-4-6-13-18-17-12-5-2-1-3-8-19(12)13/h10-11H,1-9H2,(H,16,20)(H,21,22). The molecule has 2 N–H and O–H groups in total. The smallest absolute Gasteiger partial charge is 0.307 e. The Hall–Kier alpha value is -1.92. The van der Waals surface area contributed by atoms with Crippen LogP contribution in [0.4, 0.5) is 0 Å². The normalized spacial score (nSPS) is 23.5. The van der Waals surface area contributed by atoms with Crippen LogP contribution < -0.4 is 5.32 Å². The lowest BCUT2D eigenvalue weighted by atomic mass is 10.2. The Morgan fingerprint density at radius 2 is 2.09 bits per heavy atom. The van der Waals surface area contributed by atoms with Crippen molar-refractivity contribution in [1.82, 2.24) is 20.1 Å². The number of aliphatic carboxylic acids is 1. The van der Waals surface area contributed by atoms with E-state index in [9.17, 15) is 9.59 Å². The number of nitrogens with one attached hydrogen (secondary N) is 1. The van der Waals surface area contributed by atoms with Gasteiger partial charge in [-0.1, -0.05) is 6.42 Å². The van der Waals surface area contributed by atoms with Crippen LogP contribution in [0.1, 0.15) is 43.8 Å². The molecule has 1 saturated carbocycles. The summed E-state index contributed by atoms with van der Waals surface area (Å²) in [5.41, 5.74) is 0. The summed E-state index contributed by atoms with van der Waals surface area (Å²) in [7, 11) is 0. The SMILES string of the molecule is O=C(O)C1CC1C(=O)NCCCc1nnc2n1CCCCC2. The zero-order valence-electron chi connectivity index (χ0n) is 12.6. The van der Waals surface area contributed by atoms with E-state index in [0.29, 0.717) is 13.0 Å². The van der Waals surface area contributed by atoms with Crippen LogP contribution in [0.5, 0.6) is 0 Å². The van der Waals surface area contributed by atoms with Crippen molar-refractivity contribution in [3.05, 3.63) is 11.6 Å². The lowest BCUT2D eigenvalue weighted by molar-refractivity contribution is -0.140. The van der Waals surface area contributed by atoms with Crippen molar-refractivity contribution in [2.45, 2.75) is 51.5 Å². The quantitative estimate of drug-likeness (QED) is 0.757. The number of carbonyl (C=O) groups is 2. The highest BCUT2D eigenvalue weighted by Crippen LogP contribution is 2.38. The zero-order chi connectivity index (χ0) is 15.5. The number of rotatable bonds is 6. The topological polar surface area (TPSA) is 97.1 Å². The van der Waals surface area contributed by atoms with Crippen LogP contribution in [0.3, 0.4) is 0 Å². The van der Waals surface area contributed by atoms with Crippen molar-refractivity contribution < 1.29 is 14.7 Å². The fourth-order valence-corrected chi connectivity index (χ4v) is 3.08. The molecular formula is C15H22N4O3. The molecule has 0 bridgehead atoms. The highest BCUT2D eigenvalue weighted by molar-refractivity contribution is 5.89. The van der Waals surface area contributed by atoms with Gasteiger partial charge in [0.25, 0.3) is 0 Å². The number of aryl methyl sites for hydroxylation is 2. The number of carboxylic acids is 1. The number of fused-ring (bicyclic) bond motifs is 1. The van der Waals surface area contributed by atoms with E-state index in [1.54, 1.807) is 0 Å². The fourth-order valence-electron chi connectivity index (χ4n) is 3.08. The third kappa shape index (κ3) is 3.28. The van der Waals surface area contributed by atoms with Crippen LogP contribution in [0.2, 0.25) is 0 Å². The Morgan fingerprint density at radius 1 is 1.23 bits per heavy atom. The van der Waals surface area contributed by atoms with Crippen molar-refractivity contribution in [3.63, 3.8) is 0 Å². The van der Waals surface area contributed by atoms with Gasteiger partial charge in [-0.3, -0.25) is 9.59 Å². The maximum Gasteiger partial charge on any atom is 0.307 e. The van der Waals surface area contributed by atoms with Gasteiger partial charge in [-0.2, -0.15) is 0 Å². The molecule has 0 aromatic carbocycles. The molecule has 1 amide bonds. The number of nitrogens with zero attached hydrogens (tertiary/aromatic N) is 3. The van der Waals surface area contributed by atoms with E-state index in [0.717, 1.165) is 37.5 Å². The molecule has 120 valence electrons. The minimum Gasteiger partial charge on any atom is -0.481 e. The van der Waals surface area contributed by atoms with Gasteiger partial charge >= 0.3 is 5.97 Å². The first-order chi connectivity index (χ1) is 10.7. The largest absolute Gasteiger partial charge is 0.481 e. The highest BCUT2D eigenvalue weighted by Gasteiger charge is 2.48. The first-order valence-electron chi connectivity index (χ1n) is 8.08. The monoisotopic (exact) mass is 306 g/mol. The molecular weight excluding hydrogens is 284 g/mol. The Bertz CT molecular complexity index is 569. The molecule has 1 aliphatic heterocycles. The highest BCUT2D eigenvalue weighted by atomic mass is 16.4. The van der Waals surface area contributed by atoms with Gasteiger partial charge in [0.2, 0.25) is 5.91 Å². The van der Waals surface area contributed by atoms with Crippen LogP contribution in [-0.4, -0.2) is 38.3 Å². The predicted molar refractivity (Wildman–Crippen MR) is 78.1 cm³/mol. The molecule has 2 unspecified atom stereocenters. The molecule has 0 radical (unpaired) electrons. The lowest BCUT2D eigenvalue weighted by Crippen LogP contribution is -2.27. The van der Waals surface area contributed by atoms with E-state index in [1.807, 2.05) is 0 Å². The molecule has 0 spiro atoms. The van der Waals surface area contributed by atoms with E-state index >= 15 is 0 Å². The van der Waals surface area contributed by atoms with Gasteiger partial charge in [0.15, 0.2) is 0 Å². The molecule has 2 atom stereocenters.